The van der Waals surface area contributed by atoms with Crippen molar-refractivity contribution in [2.45, 2.75) is 4.90 Å². The van der Waals surface area contributed by atoms with Crippen molar-refractivity contribution >= 4 is 69.4 Å². The van der Waals surface area contributed by atoms with E-state index in [0.717, 1.165) is 22.4 Å². The number of hydrogen-bond donors (Lipinski definition) is 0. The Hall–Kier alpha value is -1.07. The first kappa shape index (κ1) is 16.3. The van der Waals surface area contributed by atoms with E-state index >= 15 is 0 Å². The summed E-state index contributed by atoms with van der Waals surface area (Å²) in [5.74, 6) is 0. The van der Waals surface area contributed by atoms with Crippen molar-refractivity contribution in [3.63, 3.8) is 0 Å². The SMILES string of the molecule is C=COS(=O)(=O)c1cccc2cc3ccccc3cc12.[Ca+2].[H-].[H-]. The molecule has 0 fully saturated rings. The first-order valence-corrected chi connectivity index (χ1v) is 7.48. The van der Waals surface area contributed by atoms with Gasteiger partial charge < -0.3 is 7.04 Å². The molecule has 0 bridgehead atoms. The maximum atomic E-state index is 12.1. The molecule has 0 saturated carbocycles. The monoisotopic (exact) mass is 326 g/mol. The molecule has 0 spiro atoms. The van der Waals surface area contributed by atoms with Crippen molar-refractivity contribution < 1.29 is 15.5 Å². The average molecular weight is 326 g/mol. The fraction of sp³-hybridized carbons (Fsp3) is 0. The van der Waals surface area contributed by atoms with Crippen molar-refractivity contribution in [3.8, 4) is 0 Å². The van der Waals surface area contributed by atoms with Crippen molar-refractivity contribution in [2.75, 3.05) is 0 Å². The molecule has 3 aromatic rings. The molecule has 0 saturated heterocycles. The van der Waals surface area contributed by atoms with E-state index in [1.807, 2.05) is 42.5 Å². The minimum Gasteiger partial charge on any atom is -1.00 e. The molecule has 0 aliphatic rings. The Kier molecular flexibility index (Phi) is 4.94. The molecule has 0 heterocycles. The molecule has 21 heavy (non-hydrogen) atoms. The average Bonchev–Trinajstić information content (AvgIpc) is 2.44. The summed E-state index contributed by atoms with van der Waals surface area (Å²) in [6, 6.07) is 16.8. The zero-order chi connectivity index (χ0) is 14.2. The van der Waals surface area contributed by atoms with Crippen LogP contribution in [0.1, 0.15) is 2.85 Å². The standard InChI is InChI=1S/C16H12O3S.Ca.2H/c1-2-19-20(17,18)16-9-5-8-14-10-12-6-3-4-7-13(12)11-15(14)16;;;/h2-11H,1H2;;;/q;+2;2*-1. The third kappa shape index (κ3) is 3.09. The zero-order valence-corrected chi connectivity index (χ0v) is 14.3. The van der Waals surface area contributed by atoms with Crippen LogP contribution >= 0.6 is 0 Å². The first-order valence-electron chi connectivity index (χ1n) is 6.07. The Labute approximate surface area is 156 Å². The van der Waals surface area contributed by atoms with E-state index in [0.29, 0.717) is 5.39 Å². The molecule has 0 atom stereocenters. The first-order chi connectivity index (χ1) is 9.62. The van der Waals surface area contributed by atoms with Gasteiger partial charge in [-0.15, -0.1) is 0 Å². The van der Waals surface area contributed by atoms with Crippen LogP contribution in [-0.2, 0) is 14.3 Å². The fourth-order valence-corrected chi connectivity index (χ4v) is 3.27. The molecule has 0 aliphatic carbocycles. The molecule has 5 heteroatoms. The minimum atomic E-state index is -3.82. The number of benzene rings is 3. The maximum absolute atomic E-state index is 12.1. The Bertz CT molecular complexity index is 927. The van der Waals surface area contributed by atoms with Gasteiger partial charge in [-0.1, -0.05) is 43.0 Å². The third-order valence-corrected chi connectivity index (χ3v) is 4.45. The van der Waals surface area contributed by atoms with Crippen molar-refractivity contribution in [1.29, 1.82) is 0 Å². The number of hydrogen-bond acceptors (Lipinski definition) is 3. The summed E-state index contributed by atoms with van der Waals surface area (Å²) in [5, 5.41) is 3.56. The molecule has 3 aromatic carbocycles. The van der Waals surface area contributed by atoms with Gasteiger partial charge in [-0.3, -0.25) is 0 Å². The summed E-state index contributed by atoms with van der Waals surface area (Å²) in [4.78, 5) is 0.153. The van der Waals surface area contributed by atoms with Crippen molar-refractivity contribution in [2.24, 2.45) is 0 Å². The Morgan fingerprint density at radius 1 is 0.952 bits per heavy atom. The summed E-state index contributed by atoms with van der Waals surface area (Å²) >= 11 is 0. The van der Waals surface area contributed by atoms with Gasteiger partial charge in [0.1, 0.15) is 4.90 Å². The van der Waals surface area contributed by atoms with Crippen LogP contribution in [0.3, 0.4) is 0 Å². The van der Waals surface area contributed by atoms with E-state index in [9.17, 15) is 8.42 Å². The molecule has 3 rings (SSSR count). The topological polar surface area (TPSA) is 43.4 Å². The van der Waals surface area contributed by atoms with Crippen LogP contribution < -0.4 is 0 Å². The van der Waals surface area contributed by atoms with Crippen LogP contribution in [-0.4, -0.2) is 46.2 Å². The summed E-state index contributed by atoms with van der Waals surface area (Å²) < 4.78 is 28.8. The van der Waals surface area contributed by atoms with Gasteiger partial charge in [0, 0.05) is 5.39 Å². The second kappa shape index (κ2) is 6.36. The molecule has 104 valence electrons. The van der Waals surface area contributed by atoms with Gasteiger partial charge in [-0.2, -0.15) is 8.42 Å². The van der Waals surface area contributed by atoms with Crippen molar-refractivity contribution in [1.82, 2.24) is 0 Å². The number of fused-ring (bicyclic) bond motifs is 2. The second-order valence-corrected chi connectivity index (χ2v) is 5.93. The van der Waals surface area contributed by atoms with Gasteiger partial charge in [0.15, 0.2) is 0 Å². The van der Waals surface area contributed by atoms with Gasteiger partial charge in [-0.25, -0.2) is 0 Å². The zero-order valence-electron chi connectivity index (χ0n) is 13.3. The van der Waals surface area contributed by atoms with Crippen LogP contribution in [0.25, 0.3) is 21.5 Å². The summed E-state index contributed by atoms with van der Waals surface area (Å²) in [6.07, 6.45) is 0.926. The third-order valence-electron chi connectivity index (χ3n) is 3.17. The molecule has 0 aliphatic heterocycles. The molecular formula is C16H14CaO3S. The van der Waals surface area contributed by atoms with Gasteiger partial charge in [-0.05, 0) is 34.4 Å². The van der Waals surface area contributed by atoms with Crippen LogP contribution in [0.4, 0.5) is 0 Å². The fourth-order valence-electron chi connectivity index (χ4n) is 2.30. The predicted octanol–water partition coefficient (Wildman–Crippen LogP) is 3.69. The van der Waals surface area contributed by atoms with Crippen molar-refractivity contribution in [3.05, 3.63) is 67.4 Å². The van der Waals surface area contributed by atoms with E-state index in [1.54, 1.807) is 6.07 Å². The van der Waals surface area contributed by atoms with Gasteiger partial charge in [0.25, 0.3) is 0 Å². The van der Waals surface area contributed by atoms with Crippen LogP contribution in [0.5, 0.6) is 0 Å². The van der Waals surface area contributed by atoms with Crippen LogP contribution in [0.2, 0.25) is 0 Å². The summed E-state index contributed by atoms with van der Waals surface area (Å²) in [6.45, 7) is 3.30. The normalized spacial score (nSPS) is 11.0. The quantitative estimate of drug-likeness (QED) is 0.319. The maximum Gasteiger partial charge on any atom is 2.00 e. The summed E-state index contributed by atoms with van der Waals surface area (Å²) in [7, 11) is -3.82. The van der Waals surface area contributed by atoms with Crippen LogP contribution in [0, 0.1) is 0 Å². The second-order valence-electron chi connectivity index (χ2n) is 4.39. The predicted molar refractivity (Wildman–Crippen MR) is 87.9 cm³/mol. The molecule has 3 nitrogen and oxygen atoms in total. The summed E-state index contributed by atoms with van der Waals surface area (Å²) in [5.41, 5.74) is 0. The van der Waals surface area contributed by atoms with E-state index in [2.05, 4.69) is 10.8 Å². The molecule has 0 N–H and O–H groups in total. The van der Waals surface area contributed by atoms with E-state index in [4.69, 9.17) is 0 Å². The van der Waals surface area contributed by atoms with Gasteiger partial charge in [0.05, 0.1) is 6.26 Å². The van der Waals surface area contributed by atoms with E-state index in [-0.39, 0.29) is 45.5 Å². The molecule has 0 unspecified atom stereocenters. The molecular weight excluding hydrogens is 312 g/mol. The molecule has 0 aromatic heterocycles. The molecule has 0 radical (unpaired) electrons. The Morgan fingerprint density at radius 2 is 1.57 bits per heavy atom. The van der Waals surface area contributed by atoms with Gasteiger partial charge in [0.2, 0.25) is 0 Å². The smallest absolute Gasteiger partial charge is 1.00 e. The van der Waals surface area contributed by atoms with Gasteiger partial charge >= 0.3 is 47.9 Å². The van der Waals surface area contributed by atoms with E-state index in [1.165, 1.54) is 6.07 Å². The minimum absolute atomic E-state index is 0. The Balaban J connectivity index is 0.00000161. The molecule has 0 amide bonds. The number of rotatable bonds is 3. The van der Waals surface area contributed by atoms with E-state index < -0.39 is 10.1 Å². The Morgan fingerprint density at radius 3 is 2.24 bits per heavy atom. The van der Waals surface area contributed by atoms with Crippen LogP contribution in [0.15, 0.2) is 72.3 Å². The largest absolute Gasteiger partial charge is 2.00 e.